The quantitative estimate of drug-likeness (QED) is 0.895. The van der Waals surface area contributed by atoms with Gasteiger partial charge in [-0.3, -0.25) is 0 Å². The van der Waals surface area contributed by atoms with Gasteiger partial charge >= 0.3 is 0 Å². The van der Waals surface area contributed by atoms with Crippen molar-refractivity contribution in [1.82, 2.24) is 9.55 Å². The van der Waals surface area contributed by atoms with Gasteiger partial charge in [-0.2, -0.15) is 0 Å². The predicted molar refractivity (Wildman–Crippen MR) is 73.2 cm³/mol. The molecule has 3 unspecified atom stereocenters. The summed E-state index contributed by atoms with van der Waals surface area (Å²) >= 11 is 0. The molecule has 3 heteroatoms. The molecule has 0 bridgehead atoms. The van der Waals surface area contributed by atoms with E-state index in [-0.39, 0.29) is 11.5 Å². The summed E-state index contributed by atoms with van der Waals surface area (Å²) < 4.78 is 2.08. The zero-order valence-electron chi connectivity index (χ0n) is 12.1. The van der Waals surface area contributed by atoms with Gasteiger partial charge in [0, 0.05) is 25.9 Å². The molecule has 102 valence electrons. The number of hydrogen-bond donors (Lipinski definition) is 1. The molecule has 1 aromatic rings. The van der Waals surface area contributed by atoms with Crippen LogP contribution < -0.4 is 0 Å². The number of aliphatic hydroxyl groups is 1. The van der Waals surface area contributed by atoms with Crippen LogP contribution in [0.4, 0.5) is 0 Å². The van der Waals surface area contributed by atoms with E-state index in [2.05, 4.69) is 30.3 Å². The summed E-state index contributed by atoms with van der Waals surface area (Å²) in [6, 6.07) is 0. The fraction of sp³-hybridized carbons (Fsp3) is 0.800. The summed E-state index contributed by atoms with van der Waals surface area (Å²) in [4.78, 5) is 4.42. The number of nitrogens with zero attached hydrogens (tertiary/aromatic N) is 2. The van der Waals surface area contributed by atoms with Gasteiger partial charge in [-0.1, -0.05) is 27.2 Å². The van der Waals surface area contributed by atoms with Crippen LogP contribution in [0.25, 0.3) is 0 Å². The Kier molecular flexibility index (Phi) is 3.81. The Balaban J connectivity index is 2.08. The summed E-state index contributed by atoms with van der Waals surface area (Å²) in [7, 11) is 2.04. The molecule has 1 fully saturated rings. The second-order valence-electron chi connectivity index (χ2n) is 6.71. The van der Waals surface area contributed by atoms with E-state index in [1.165, 1.54) is 6.42 Å². The second kappa shape index (κ2) is 5.04. The molecule has 3 atom stereocenters. The zero-order chi connectivity index (χ0) is 13.3. The first kappa shape index (κ1) is 13.6. The molecule has 0 saturated heterocycles. The molecular weight excluding hydrogens is 224 g/mol. The van der Waals surface area contributed by atoms with Crippen molar-refractivity contribution in [2.75, 3.05) is 0 Å². The molecule has 1 aliphatic rings. The van der Waals surface area contributed by atoms with Crippen LogP contribution in [0.15, 0.2) is 12.4 Å². The highest BCUT2D eigenvalue weighted by molar-refractivity contribution is 4.99. The molecule has 0 aromatic carbocycles. The molecule has 2 rings (SSSR count). The van der Waals surface area contributed by atoms with Gasteiger partial charge in [0.1, 0.15) is 5.82 Å². The molecule has 18 heavy (non-hydrogen) atoms. The van der Waals surface area contributed by atoms with Crippen LogP contribution in [-0.2, 0) is 13.5 Å². The standard InChI is InChI=1S/C15H26N2O/c1-11-5-6-12(13(18)9-11)15(2,3)10-14-16-7-8-17(14)4/h7-8,11-13,18H,5-6,9-10H2,1-4H3. The minimum Gasteiger partial charge on any atom is -0.393 e. The lowest BCUT2D eigenvalue weighted by Gasteiger charge is -2.42. The topological polar surface area (TPSA) is 38.0 Å². The van der Waals surface area contributed by atoms with Crippen LogP contribution in [0.2, 0.25) is 0 Å². The van der Waals surface area contributed by atoms with Gasteiger partial charge in [0.15, 0.2) is 0 Å². The van der Waals surface area contributed by atoms with Crippen LogP contribution in [0, 0.1) is 17.3 Å². The first-order valence-electron chi connectivity index (χ1n) is 7.04. The SMILES string of the molecule is CC1CCC(C(C)(C)Cc2nccn2C)C(O)C1. The van der Waals surface area contributed by atoms with Crippen LogP contribution in [-0.4, -0.2) is 20.8 Å². The van der Waals surface area contributed by atoms with E-state index in [1.807, 2.05) is 19.4 Å². The average molecular weight is 250 g/mol. The first-order valence-corrected chi connectivity index (χ1v) is 7.04. The Morgan fingerprint density at radius 2 is 2.17 bits per heavy atom. The number of imidazole rings is 1. The van der Waals surface area contributed by atoms with Crippen molar-refractivity contribution in [2.24, 2.45) is 24.3 Å². The minimum atomic E-state index is -0.149. The normalized spacial score (nSPS) is 29.5. The lowest BCUT2D eigenvalue weighted by Crippen LogP contribution is -2.40. The van der Waals surface area contributed by atoms with Gasteiger partial charge in [0.2, 0.25) is 0 Å². The highest BCUT2D eigenvalue weighted by Crippen LogP contribution is 2.41. The highest BCUT2D eigenvalue weighted by Gasteiger charge is 2.38. The fourth-order valence-corrected chi connectivity index (χ4v) is 3.37. The first-order chi connectivity index (χ1) is 8.40. The Labute approximate surface area is 110 Å². The van der Waals surface area contributed by atoms with Crippen molar-refractivity contribution in [2.45, 2.75) is 52.6 Å². The Morgan fingerprint density at radius 3 is 2.72 bits per heavy atom. The van der Waals surface area contributed by atoms with E-state index in [9.17, 15) is 5.11 Å². The maximum Gasteiger partial charge on any atom is 0.108 e. The average Bonchev–Trinajstić information content (AvgIpc) is 2.63. The van der Waals surface area contributed by atoms with Crippen molar-refractivity contribution in [1.29, 1.82) is 0 Å². The van der Waals surface area contributed by atoms with E-state index in [0.717, 1.165) is 25.1 Å². The third kappa shape index (κ3) is 2.77. The molecule has 1 saturated carbocycles. The maximum absolute atomic E-state index is 10.3. The number of hydrogen-bond acceptors (Lipinski definition) is 2. The predicted octanol–water partition coefficient (Wildman–Crippen LogP) is 2.79. The molecule has 1 heterocycles. The van der Waals surface area contributed by atoms with Crippen molar-refractivity contribution in [3.05, 3.63) is 18.2 Å². The van der Waals surface area contributed by atoms with Crippen molar-refractivity contribution in [3.8, 4) is 0 Å². The van der Waals surface area contributed by atoms with E-state index in [4.69, 9.17) is 0 Å². The van der Waals surface area contributed by atoms with Gasteiger partial charge in [-0.05, 0) is 30.1 Å². The van der Waals surface area contributed by atoms with Crippen molar-refractivity contribution < 1.29 is 5.11 Å². The van der Waals surface area contributed by atoms with Gasteiger partial charge in [-0.15, -0.1) is 0 Å². The molecule has 0 radical (unpaired) electrons. The lowest BCUT2D eigenvalue weighted by molar-refractivity contribution is -0.0134. The molecular formula is C15H26N2O. The van der Waals surface area contributed by atoms with Crippen LogP contribution in [0.5, 0.6) is 0 Å². The van der Waals surface area contributed by atoms with Gasteiger partial charge in [0.05, 0.1) is 6.10 Å². The van der Waals surface area contributed by atoms with E-state index in [0.29, 0.717) is 11.8 Å². The highest BCUT2D eigenvalue weighted by atomic mass is 16.3. The van der Waals surface area contributed by atoms with E-state index in [1.54, 1.807) is 0 Å². The number of aromatic nitrogens is 2. The van der Waals surface area contributed by atoms with Gasteiger partial charge in [-0.25, -0.2) is 4.98 Å². The van der Waals surface area contributed by atoms with Gasteiger partial charge < -0.3 is 9.67 Å². The third-order valence-electron chi connectivity index (χ3n) is 4.62. The van der Waals surface area contributed by atoms with Gasteiger partial charge in [0.25, 0.3) is 0 Å². The molecule has 0 spiro atoms. The molecule has 1 aliphatic carbocycles. The molecule has 0 aliphatic heterocycles. The summed E-state index contributed by atoms with van der Waals surface area (Å²) in [6.07, 6.45) is 7.96. The maximum atomic E-state index is 10.3. The summed E-state index contributed by atoms with van der Waals surface area (Å²) in [5.41, 5.74) is 0.110. The van der Waals surface area contributed by atoms with Crippen molar-refractivity contribution >= 4 is 0 Å². The summed E-state index contributed by atoms with van der Waals surface area (Å²) in [5, 5.41) is 10.3. The fourth-order valence-electron chi connectivity index (χ4n) is 3.37. The number of aliphatic hydroxyl groups excluding tert-OH is 1. The molecule has 0 amide bonds. The van der Waals surface area contributed by atoms with E-state index < -0.39 is 0 Å². The number of rotatable bonds is 3. The number of aryl methyl sites for hydroxylation is 1. The Morgan fingerprint density at radius 1 is 1.44 bits per heavy atom. The van der Waals surface area contributed by atoms with Crippen LogP contribution in [0.3, 0.4) is 0 Å². The summed E-state index contributed by atoms with van der Waals surface area (Å²) in [6.45, 7) is 6.78. The van der Waals surface area contributed by atoms with E-state index >= 15 is 0 Å². The Bertz CT molecular complexity index is 397. The zero-order valence-corrected chi connectivity index (χ0v) is 12.1. The van der Waals surface area contributed by atoms with Crippen LogP contribution in [0.1, 0.15) is 45.9 Å². The minimum absolute atomic E-state index is 0.110. The monoisotopic (exact) mass is 250 g/mol. The second-order valence-corrected chi connectivity index (χ2v) is 6.71. The smallest absolute Gasteiger partial charge is 0.108 e. The molecule has 1 N–H and O–H groups in total. The van der Waals surface area contributed by atoms with Crippen LogP contribution >= 0.6 is 0 Å². The largest absolute Gasteiger partial charge is 0.393 e. The lowest BCUT2D eigenvalue weighted by atomic mass is 9.66. The molecule has 1 aromatic heterocycles. The molecule has 3 nitrogen and oxygen atoms in total. The summed E-state index contributed by atoms with van der Waals surface area (Å²) in [5.74, 6) is 2.18. The Hall–Kier alpha value is -0.830. The van der Waals surface area contributed by atoms with Crippen molar-refractivity contribution in [3.63, 3.8) is 0 Å². The third-order valence-corrected chi connectivity index (χ3v) is 4.62.